The third-order valence-electron chi connectivity index (χ3n) is 15.4. The van der Waals surface area contributed by atoms with Crippen LogP contribution >= 0.6 is 0 Å². The van der Waals surface area contributed by atoms with E-state index in [2.05, 4.69) is 224 Å². The quantitative estimate of drug-likeness (QED) is 0.168. The molecule has 1 heterocycles. The van der Waals surface area contributed by atoms with Crippen LogP contribution in [0.15, 0.2) is 200 Å². The number of anilines is 3. The highest BCUT2D eigenvalue weighted by Crippen LogP contribution is 2.70. The highest BCUT2D eigenvalue weighted by atomic mass is 15.1. The highest BCUT2D eigenvalue weighted by Gasteiger charge is 2.60. The summed E-state index contributed by atoms with van der Waals surface area (Å²) in [5, 5.41) is 2.53. The standard InChI is InChI=1S/C61H44N2/c1-60(2)52-24-11-8-19-46(52)50-35-41(31-33-53(50)60)62(57-34-32-43-44-17-9-12-25-54(44)61-36-51(43)58(57)48-21-7-6-18-45(48)55(61)37-61)40-29-27-38(28-30-40)42-22-14-23-49-47-20-10-13-26-56(47)63(59(42)49)39-15-4-3-5-16-39/h3-35,55H,36-37H2,1-2H3. The molecule has 1 spiro atoms. The fraction of sp³-hybridized carbons (Fsp3) is 0.115. The third-order valence-corrected chi connectivity index (χ3v) is 15.4. The molecule has 2 nitrogen and oxygen atoms in total. The summed E-state index contributed by atoms with van der Waals surface area (Å²) in [5.41, 5.74) is 25.2. The summed E-state index contributed by atoms with van der Waals surface area (Å²) >= 11 is 0. The van der Waals surface area contributed by atoms with Gasteiger partial charge in [0.05, 0.1) is 16.7 Å². The molecule has 0 saturated heterocycles. The first-order chi connectivity index (χ1) is 31.0. The molecule has 63 heavy (non-hydrogen) atoms. The minimum atomic E-state index is -0.0718. The molecule has 2 heteroatoms. The van der Waals surface area contributed by atoms with Crippen LogP contribution in [0.1, 0.15) is 54.0 Å². The van der Waals surface area contributed by atoms with Crippen molar-refractivity contribution in [1.82, 2.24) is 4.57 Å². The Morgan fingerprint density at radius 2 is 1.14 bits per heavy atom. The molecular formula is C61H44N2. The first-order valence-electron chi connectivity index (χ1n) is 22.6. The van der Waals surface area contributed by atoms with Crippen molar-refractivity contribution in [3.05, 3.63) is 228 Å². The summed E-state index contributed by atoms with van der Waals surface area (Å²) in [7, 11) is 0. The summed E-state index contributed by atoms with van der Waals surface area (Å²) < 4.78 is 2.44. The van der Waals surface area contributed by atoms with E-state index in [1.807, 2.05) is 0 Å². The largest absolute Gasteiger partial charge is 0.310 e. The van der Waals surface area contributed by atoms with Crippen molar-refractivity contribution < 1.29 is 0 Å². The van der Waals surface area contributed by atoms with Gasteiger partial charge in [-0.3, -0.25) is 0 Å². The van der Waals surface area contributed by atoms with Crippen LogP contribution in [-0.4, -0.2) is 4.57 Å². The Balaban J connectivity index is 1.01. The van der Waals surface area contributed by atoms with Gasteiger partial charge < -0.3 is 9.47 Å². The predicted octanol–water partition coefficient (Wildman–Crippen LogP) is 15.9. The number of hydrogen-bond acceptors (Lipinski definition) is 1. The van der Waals surface area contributed by atoms with Gasteiger partial charge in [0, 0.05) is 49.8 Å². The molecule has 1 fully saturated rings. The number of aromatic nitrogens is 1. The topological polar surface area (TPSA) is 8.17 Å². The summed E-state index contributed by atoms with van der Waals surface area (Å²) in [6, 6.07) is 75.5. The first-order valence-corrected chi connectivity index (χ1v) is 22.6. The van der Waals surface area contributed by atoms with E-state index in [-0.39, 0.29) is 10.8 Å². The Morgan fingerprint density at radius 3 is 1.98 bits per heavy atom. The van der Waals surface area contributed by atoms with E-state index >= 15 is 0 Å². The van der Waals surface area contributed by atoms with E-state index in [1.165, 1.54) is 118 Å². The zero-order valence-electron chi connectivity index (χ0n) is 35.4. The smallest absolute Gasteiger partial charge is 0.0619 e. The van der Waals surface area contributed by atoms with E-state index in [0.29, 0.717) is 5.92 Å². The maximum absolute atomic E-state index is 2.57. The molecule has 14 rings (SSSR count). The molecule has 1 aromatic heterocycles. The van der Waals surface area contributed by atoms with E-state index in [9.17, 15) is 0 Å². The number of benzene rings is 9. The SMILES string of the molecule is CC1(C)c2ccccc2-c2cc(N(c3ccc(-c4cccc5c6ccccc6n(-c6ccccc6)c45)cc3)c3ccc4c5c3-c3ccccc3C3CC3(C5)c3ccccc3-4)ccc21. The van der Waals surface area contributed by atoms with E-state index < -0.39 is 0 Å². The summed E-state index contributed by atoms with van der Waals surface area (Å²) in [5.74, 6) is 0.518. The van der Waals surface area contributed by atoms with Crippen LogP contribution in [0.3, 0.4) is 0 Å². The van der Waals surface area contributed by atoms with Crippen molar-refractivity contribution >= 4 is 38.9 Å². The minimum Gasteiger partial charge on any atom is -0.310 e. The average molecular weight is 805 g/mol. The van der Waals surface area contributed by atoms with Crippen molar-refractivity contribution in [3.63, 3.8) is 0 Å². The summed E-state index contributed by atoms with van der Waals surface area (Å²) in [6.45, 7) is 4.75. The van der Waals surface area contributed by atoms with E-state index in [0.717, 1.165) is 12.1 Å². The Labute approximate surface area is 368 Å². The maximum atomic E-state index is 2.57. The fourth-order valence-corrected chi connectivity index (χ4v) is 12.5. The van der Waals surface area contributed by atoms with Gasteiger partial charge in [0.1, 0.15) is 0 Å². The van der Waals surface area contributed by atoms with Gasteiger partial charge in [-0.2, -0.15) is 0 Å². The summed E-state index contributed by atoms with van der Waals surface area (Å²) in [4.78, 5) is 2.57. The lowest BCUT2D eigenvalue weighted by atomic mass is 9.74. The Bertz CT molecular complexity index is 3550. The number of fused-ring (bicyclic) bond motifs is 9. The molecule has 9 aromatic carbocycles. The summed E-state index contributed by atoms with van der Waals surface area (Å²) in [6.07, 6.45) is 2.28. The van der Waals surface area contributed by atoms with Crippen molar-refractivity contribution in [2.24, 2.45) is 0 Å². The van der Waals surface area contributed by atoms with Gasteiger partial charge in [-0.05, 0) is 128 Å². The Hall–Kier alpha value is -7.42. The minimum absolute atomic E-state index is 0.0718. The molecule has 2 unspecified atom stereocenters. The van der Waals surface area contributed by atoms with Gasteiger partial charge in [-0.15, -0.1) is 0 Å². The normalized spacial score (nSPS) is 17.9. The van der Waals surface area contributed by atoms with Gasteiger partial charge in [0.25, 0.3) is 0 Å². The highest BCUT2D eigenvalue weighted by molar-refractivity contribution is 6.14. The van der Waals surface area contributed by atoms with Crippen molar-refractivity contribution in [2.75, 3.05) is 4.90 Å². The van der Waals surface area contributed by atoms with E-state index in [1.54, 1.807) is 0 Å². The molecule has 0 N–H and O–H groups in total. The second kappa shape index (κ2) is 12.6. The zero-order valence-corrected chi connectivity index (χ0v) is 35.4. The molecule has 4 aliphatic rings. The molecule has 4 aliphatic carbocycles. The van der Waals surface area contributed by atoms with Crippen LogP contribution in [-0.2, 0) is 17.3 Å². The lowest BCUT2D eigenvalue weighted by molar-refractivity contribution is 0.658. The molecule has 4 bridgehead atoms. The van der Waals surface area contributed by atoms with Crippen molar-refractivity contribution in [1.29, 1.82) is 0 Å². The molecule has 10 aromatic rings. The molecule has 298 valence electrons. The van der Waals surface area contributed by atoms with Crippen LogP contribution in [0.4, 0.5) is 17.1 Å². The van der Waals surface area contributed by atoms with Crippen molar-refractivity contribution in [3.8, 4) is 50.2 Å². The number of nitrogens with zero attached hydrogens (tertiary/aromatic N) is 2. The second-order valence-electron chi connectivity index (χ2n) is 18.9. The lowest BCUT2D eigenvalue weighted by Crippen LogP contribution is -2.20. The number of rotatable bonds is 5. The first kappa shape index (κ1) is 35.2. The predicted molar refractivity (Wildman–Crippen MR) is 262 cm³/mol. The van der Waals surface area contributed by atoms with Crippen molar-refractivity contribution in [2.45, 2.75) is 43.4 Å². The Kier molecular flexibility index (Phi) is 7.03. The van der Waals surface area contributed by atoms with Gasteiger partial charge in [0.2, 0.25) is 0 Å². The van der Waals surface area contributed by atoms with Crippen LogP contribution in [0.25, 0.3) is 72.0 Å². The van der Waals surface area contributed by atoms with Gasteiger partial charge >= 0.3 is 0 Å². The second-order valence-corrected chi connectivity index (χ2v) is 18.9. The fourth-order valence-electron chi connectivity index (χ4n) is 12.5. The molecule has 0 amide bonds. The zero-order chi connectivity index (χ0) is 41.6. The molecule has 0 radical (unpaired) electrons. The molecule has 0 aliphatic heterocycles. The van der Waals surface area contributed by atoms with Crippen LogP contribution in [0, 0.1) is 0 Å². The molecule has 1 saturated carbocycles. The van der Waals surface area contributed by atoms with Gasteiger partial charge in [-0.1, -0.05) is 166 Å². The third kappa shape index (κ3) is 4.73. The molecule has 2 atom stereocenters. The van der Waals surface area contributed by atoms with Gasteiger partial charge in [-0.25, -0.2) is 0 Å². The van der Waals surface area contributed by atoms with Gasteiger partial charge in [0.15, 0.2) is 0 Å². The lowest BCUT2D eigenvalue weighted by Gasteiger charge is -2.33. The van der Waals surface area contributed by atoms with E-state index in [4.69, 9.17) is 0 Å². The van der Waals surface area contributed by atoms with Crippen LogP contribution in [0.2, 0.25) is 0 Å². The average Bonchev–Trinajstić information content (AvgIpc) is 3.90. The molecular weight excluding hydrogens is 761 g/mol. The van der Waals surface area contributed by atoms with Crippen LogP contribution < -0.4 is 4.90 Å². The number of para-hydroxylation sites is 3. The maximum Gasteiger partial charge on any atom is 0.0619 e. The Morgan fingerprint density at radius 1 is 0.492 bits per heavy atom. The van der Waals surface area contributed by atoms with Crippen LogP contribution in [0.5, 0.6) is 0 Å². The monoisotopic (exact) mass is 804 g/mol. The number of hydrogen-bond donors (Lipinski definition) is 0.